The summed E-state index contributed by atoms with van der Waals surface area (Å²) in [4.78, 5) is 0. The van der Waals surface area contributed by atoms with Crippen molar-refractivity contribution >= 4 is 5.69 Å². The lowest BCUT2D eigenvalue weighted by atomic mass is 10.2. The Hall–Kier alpha value is -2.54. The van der Waals surface area contributed by atoms with Crippen LogP contribution < -0.4 is 10.5 Å². The van der Waals surface area contributed by atoms with Crippen molar-refractivity contribution in [3.63, 3.8) is 0 Å². The maximum atomic E-state index is 12.9. The molecule has 0 saturated carbocycles. The van der Waals surface area contributed by atoms with E-state index in [4.69, 9.17) is 15.7 Å². The molecule has 3 nitrogen and oxygen atoms in total. The molecule has 0 aromatic heterocycles. The van der Waals surface area contributed by atoms with E-state index in [9.17, 15) is 4.39 Å². The summed E-state index contributed by atoms with van der Waals surface area (Å²) in [5.74, 6) is 0.601. The lowest BCUT2D eigenvalue weighted by Gasteiger charge is -2.08. The quantitative estimate of drug-likeness (QED) is 0.840. The molecule has 2 aromatic rings. The number of nitrogens with zero attached hydrogens (tertiary/aromatic N) is 1. The van der Waals surface area contributed by atoms with Crippen LogP contribution in [-0.4, -0.2) is 0 Å². The van der Waals surface area contributed by atoms with Crippen molar-refractivity contribution in [1.82, 2.24) is 0 Å². The van der Waals surface area contributed by atoms with E-state index in [1.807, 2.05) is 0 Å². The predicted octanol–water partition coefficient (Wildman–Crippen LogP) is 3.27. The normalized spacial score (nSPS) is 9.78. The summed E-state index contributed by atoms with van der Waals surface area (Å²) >= 11 is 0. The van der Waals surface area contributed by atoms with E-state index >= 15 is 0 Å². The highest BCUT2D eigenvalue weighted by molar-refractivity contribution is 5.54. The highest BCUT2D eigenvalue weighted by Crippen LogP contribution is 2.27. The Morgan fingerprint density at radius 1 is 1.17 bits per heavy atom. The lowest BCUT2D eigenvalue weighted by Crippen LogP contribution is -1.93. The average molecular weight is 242 g/mol. The van der Waals surface area contributed by atoms with Gasteiger partial charge >= 0.3 is 0 Å². The number of hydrogen-bond acceptors (Lipinski definition) is 3. The lowest BCUT2D eigenvalue weighted by molar-refractivity contribution is 0.483. The van der Waals surface area contributed by atoms with Gasteiger partial charge in [-0.3, -0.25) is 0 Å². The molecule has 0 amide bonds. The fraction of sp³-hybridized carbons (Fsp3) is 0.0714. The first-order chi connectivity index (χ1) is 8.69. The number of nitriles is 1. The highest BCUT2D eigenvalue weighted by Gasteiger charge is 2.03. The first-order valence-electron chi connectivity index (χ1n) is 5.38. The van der Waals surface area contributed by atoms with E-state index in [1.54, 1.807) is 24.3 Å². The Balaban J connectivity index is 2.16. The van der Waals surface area contributed by atoms with Gasteiger partial charge in [-0.1, -0.05) is 12.1 Å². The van der Waals surface area contributed by atoms with Crippen LogP contribution in [0.2, 0.25) is 0 Å². The number of nitrogen functional groups attached to an aromatic ring is 1. The summed E-state index contributed by atoms with van der Waals surface area (Å²) < 4.78 is 18.4. The van der Waals surface area contributed by atoms with Crippen LogP contribution in [0.5, 0.6) is 11.5 Å². The molecule has 0 radical (unpaired) electrons. The smallest absolute Gasteiger partial charge is 0.150 e. The van der Waals surface area contributed by atoms with Crippen molar-refractivity contribution in [2.45, 2.75) is 6.42 Å². The van der Waals surface area contributed by atoms with Gasteiger partial charge in [0.15, 0.2) is 5.75 Å². The molecular formula is C14H11FN2O. The number of benzene rings is 2. The summed E-state index contributed by atoms with van der Waals surface area (Å²) in [5, 5.41) is 8.55. The monoisotopic (exact) mass is 242 g/mol. The molecular weight excluding hydrogens is 231 g/mol. The molecule has 2 N–H and O–H groups in total. The third-order valence-corrected chi connectivity index (χ3v) is 2.41. The SMILES string of the molecule is N#CCc1ccc(Oc2ccc(F)cc2N)cc1. The highest BCUT2D eigenvalue weighted by atomic mass is 19.1. The molecule has 0 unspecified atom stereocenters. The van der Waals surface area contributed by atoms with Gasteiger partial charge in [-0.25, -0.2) is 4.39 Å². The molecule has 18 heavy (non-hydrogen) atoms. The van der Waals surface area contributed by atoms with Gasteiger partial charge in [0.2, 0.25) is 0 Å². The first kappa shape index (κ1) is 11.9. The van der Waals surface area contributed by atoms with Crippen molar-refractivity contribution in [1.29, 1.82) is 5.26 Å². The summed E-state index contributed by atoms with van der Waals surface area (Å²) in [6.07, 6.45) is 0.360. The fourth-order valence-corrected chi connectivity index (χ4v) is 1.51. The number of halogens is 1. The molecule has 0 atom stereocenters. The standard InChI is InChI=1S/C14H11FN2O/c15-11-3-6-14(13(17)9-11)18-12-4-1-10(2-5-12)7-8-16/h1-6,9H,7,17H2. The maximum absolute atomic E-state index is 12.9. The van der Waals surface area contributed by atoms with Crippen molar-refractivity contribution < 1.29 is 9.13 Å². The van der Waals surface area contributed by atoms with Crippen LogP contribution in [0.3, 0.4) is 0 Å². The molecule has 0 aliphatic heterocycles. The van der Waals surface area contributed by atoms with E-state index in [1.165, 1.54) is 18.2 Å². The van der Waals surface area contributed by atoms with Gasteiger partial charge in [0.1, 0.15) is 11.6 Å². The van der Waals surface area contributed by atoms with E-state index in [0.717, 1.165) is 5.56 Å². The second-order valence-electron chi connectivity index (χ2n) is 3.76. The Kier molecular flexibility index (Phi) is 3.44. The minimum absolute atomic E-state index is 0.246. The Labute approximate surface area is 104 Å². The largest absolute Gasteiger partial charge is 0.455 e. The number of anilines is 1. The zero-order valence-electron chi connectivity index (χ0n) is 9.56. The number of hydrogen-bond donors (Lipinski definition) is 1. The molecule has 0 spiro atoms. The number of nitrogens with two attached hydrogens (primary N) is 1. The van der Waals surface area contributed by atoms with Crippen molar-refractivity contribution in [2.75, 3.05) is 5.73 Å². The van der Waals surface area contributed by atoms with E-state index < -0.39 is 5.82 Å². The van der Waals surface area contributed by atoms with E-state index in [0.29, 0.717) is 17.9 Å². The van der Waals surface area contributed by atoms with Gasteiger partial charge in [0.25, 0.3) is 0 Å². The zero-order valence-corrected chi connectivity index (χ0v) is 9.56. The van der Waals surface area contributed by atoms with Crippen LogP contribution in [0.1, 0.15) is 5.56 Å². The molecule has 0 saturated heterocycles. The second kappa shape index (κ2) is 5.19. The third kappa shape index (κ3) is 2.77. The van der Waals surface area contributed by atoms with Gasteiger partial charge < -0.3 is 10.5 Å². The molecule has 2 aromatic carbocycles. The summed E-state index contributed by atoms with van der Waals surface area (Å²) in [6.45, 7) is 0. The molecule has 4 heteroatoms. The fourth-order valence-electron chi connectivity index (χ4n) is 1.51. The topological polar surface area (TPSA) is 59.0 Å². The third-order valence-electron chi connectivity index (χ3n) is 2.41. The molecule has 90 valence electrons. The van der Waals surface area contributed by atoms with Crippen molar-refractivity contribution in [3.8, 4) is 17.6 Å². The minimum Gasteiger partial charge on any atom is -0.455 e. The second-order valence-corrected chi connectivity index (χ2v) is 3.76. The summed E-state index contributed by atoms with van der Waals surface area (Å²) in [6, 6.07) is 13.1. The van der Waals surface area contributed by atoms with Crippen molar-refractivity contribution in [2.24, 2.45) is 0 Å². The molecule has 2 rings (SSSR count). The first-order valence-corrected chi connectivity index (χ1v) is 5.38. The molecule has 0 heterocycles. The van der Waals surface area contributed by atoms with E-state index in [-0.39, 0.29) is 5.69 Å². The van der Waals surface area contributed by atoms with Crippen LogP contribution in [0.4, 0.5) is 10.1 Å². The predicted molar refractivity (Wildman–Crippen MR) is 66.6 cm³/mol. The van der Waals surface area contributed by atoms with Gasteiger partial charge in [0, 0.05) is 6.07 Å². The number of ether oxygens (including phenoxy) is 1. The van der Waals surface area contributed by atoms with Gasteiger partial charge in [0.05, 0.1) is 18.2 Å². The van der Waals surface area contributed by atoms with E-state index in [2.05, 4.69) is 6.07 Å². The Bertz CT molecular complexity index is 588. The van der Waals surface area contributed by atoms with Crippen LogP contribution in [0.25, 0.3) is 0 Å². The maximum Gasteiger partial charge on any atom is 0.150 e. The Morgan fingerprint density at radius 2 is 1.89 bits per heavy atom. The van der Waals surface area contributed by atoms with Gasteiger partial charge in [-0.2, -0.15) is 5.26 Å². The number of rotatable bonds is 3. The Morgan fingerprint density at radius 3 is 2.50 bits per heavy atom. The average Bonchev–Trinajstić information content (AvgIpc) is 2.35. The van der Waals surface area contributed by atoms with Gasteiger partial charge in [-0.05, 0) is 29.8 Å². The molecule has 0 bridgehead atoms. The summed E-state index contributed by atoms with van der Waals surface area (Å²) in [7, 11) is 0. The molecule has 0 fully saturated rings. The van der Waals surface area contributed by atoms with Gasteiger partial charge in [-0.15, -0.1) is 0 Å². The summed E-state index contributed by atoms with van der Waals surface area (Å²) in [5.41, 5.74) is 6.80. The van der Waals surface area contributed by atoms with Crippen LogP contribution in [-0.2, 0) is 6.42 Å². The van der Waals surface area contributed by atoms with Crippen LogP contribution >= 0.6 is 0 Å². The van der Waals surface area contributed by atoms with Crippen molar-refractivity contribution in [3.05, 3.63) is 53.8 Å². The molecule has 0 aliphatic rings. The molecule has 0 aliphatic carbocycles. The van der Waals surface area contributed by atoms with Crippen LogP contribution in [0.15, 0.2) is 42.5 Å². The van der Waals surface area contributed by atoms with Crippen LogP contribution in [0, 0.1) is 17.1 Å². The minimum atomic E-state index is -0.399. The zero-order chi connectivity index (χ0) is 13.0.